The summed E-state index contributed by atoms with van der Waals surface area (Å²) in [5, 5.41) is 5.36. The quantitative estimate of drug-likeness (QED) is 0.457. The molecule has 0 unspecified atom stereocenters. The topological polar surface area (TPSA) is 54.1 Å². The average molecular weight is 372 g/mol. The highest BCUT2D eigenvalue weighted by Gasteiger charge is 2.10. The zero-order chi connectivity index (χ0) is 19.7. The Morgan fingerprint density at radius 1 is 1.04 bits per heavy atom. The van der Waals surface area contributed by atoms with Gasteiger partial charge in [-0.25, -0.2) is 0 Å². The maximum atomic E-state index is 12.6. The van der Waals surface area contributed by atoms with Crippen LogP contribution in [0.5, 0.6) is 5.75 Å². The predicted octanol–water partition coefficient (Wildman–Crippen LogP) is 5.92. The summed E-state index contributed by atoms with van der Waals surface area (Å²) in [5.41, 5.74) is 4.85. The number of amides is 1. The van der Waals surface area contributed by atoms with Gasteiger partial charge in [-0.05, 0) is 62.2 Å². The molecule has 0 spiro atoms. The van der Waals surface area contributed by atoms with E-state index in [1.54, 1.807) is 12.1 Å². The van der Waals surface area contributed by atoms with E-state index in [-0.39, 0.29) is 12.0 Å². The standard InChI is InChI=1S/C24H24N2O2/c1-4-16-6-5-7-21-20-13-10-18(14-22(20)26-23(16)21)25-24(27)17-8-11-19(12-9-17)28-15(2)3/h5-15,26H,4H2,1-3H3,(H,25,27). The van der Waals surface area contributed by atoms with Crippen molar-refractivity contribution in [1.29, 1.82) is 0 Å². The van der Waals surface area contributed by atoms with E-state index in [0.717, 1.165) is 23.4 Å². The minimum absolute atomic E-state index is 0.107. The Labute approximate surface area is 164 Å². The lowest BCUT2D eigenvalue weighted by Gasteiger charge is -2.10. The highest BCUT2D eigenvalue weighted by Crippen LogP contribution is 2.30. The van der Waals surface area contributed by atoms with E-state index in [1.165, 1.54) is 21.9 Å². The van der Waals surface area contributed by atoms with Crippen molar-refractivity contribution in [3.63, 3.8) is 0 Å². The smallest absolute Gasteiger partial charge is 0.255 e. The number of aryl methyl sites for hydroxylation is 1. The molecule has 1 aromatic heterocycles. The Hall–Kier alpha value is -3.27. The van der Waals surface area contributed by atoms with Crippen molar-refractivity contribution >= 4 is 33.4 Å². The van der Waals surface area contributed by atoms with Gasteiger partial charge in [-0.1, -0.05) is 31.2 Å². The Bertz CT molecular complexity index is 1140. The van der Waals surface area contributed by atoms with Gasteiger partial charge in [-0.3, -0.25) is 4.79 Å². The SMILES string of the molecule is CCc1cccc2c1[nH]c1cc(NC(=O)c3ccc(OC(C)C)cc3)ccc12. The zero-order valence-electron chi connectivity index (χ0n) is 16.4. The minimum Gasteiger partial charge on any atom is -0.491 e. The van der Waals surface area contributed by atoms with E-state index in [4.69, 9.17) is 4.74 Å². The van der Waals surface area contributed by atoms with Crippen LogP contribution in [0.25, 0.3) is 21.8 Å². The first kappa shape index (κ1) is 18.1. The number of anilines is 1. The molecule has 4 nitrogen and oxygen atoms in total. The summed E-state index contributed by atoms with van der Waals surface area (Å²) >= 11 is 0. The molecular weight excluding hydrogens is 348 g/mol. The van der Waals surface area contributed by atoms with Crippen molar-refractivity contribution in [2.45, 2.75) is 33.3 Å². The van der Waals surface area contributed by atoms with Crippen molar-refractivity contribution in [1.82, 2.24) is 4.98 Å². The molecule has 28 heavy (non-hydrogen) atoms. The zero-order valence-corrected chi connectivity index (χ0v) is 16.4. The molecule has 0 radical (unpaired) electrons. The molecule has 0 atom stereocenters. The molecule has 0 bridgehead atoms. The van der Waals surface area contributed by atoms with E-state index < -0.39 is 0 Å². The number of hydrogen-bond donors (Lipinski definition) is 2. The highest BCUT2D eigenvalue weighted by atomic mass is 16.5. The number of carbonyl (C=O) groups is 1. The molecule has 2 N–H and O–H groups in total. The molecule has 0 saturated carbocycles. The highest BCUT2D eigenvalue weighted by molar-refractivity contribution is 6.10. The molecule has 142 valence electrons. The third kappa shape index (κ3) is 3.46. The van der Waals surface area contributed by atoms with Crippen LogP contribution in [-0.4, -0.2) is 17.0 Å². The first-order valence-corrected chi connectivity index (χ1v) is 9.66. The average Bonchev–Trinajstić information content (AvgIpc) is 3.05. The fourth-order valence-corrected chi connectivity index (χ4v) is 3.52. The van der Waals surface area contributed by atoms with Crippen molar-refractivity contribution < 1.29 is 9.53 Å². The number of H-pyrrole nitrogens is 1. The lowest BCUT2D eigenvalue weighted by atomic mass is 10.1. The Morgan fingerprint density at radius 2 is 1.82 bits per heavy atom. The number of para-hydroxylation sites is 1. The van der Waals surface area contributed by atoms with Crippen LogP contribution in [0.15, 0.2) is 60.7 Å². The molecule has 0 aliphatic heterocycles. The van der Waals surface area contributed by atoms with Crippen LogP contribution in [0.1, 0.15) is 36.7 Å². The van der Waals surface area contributed by atoms with E-state index >= 15 is 0 Å². The van der Waals surface area contributed by atoms with Crippen LogP contribution in [0, 0.1) is 0 Å². The molecule has 0 aliphatic carbocycles. The molecule has 0 saturated heterocycles. The second-order valence-electron chi connectivity index (χ2n) is 7.22. The molecule has 1 amide bonds. The number of carbonyl (C=O) groups excluding carboxylic acids is 1. The normalized spacial score (nSPS) is 11.3. The van der Waals surface area contributed by atoms with E-state index in [1.807, 2.05) is 38.1 Å². The molecular formula is C24H24N2O2. The summed E-state index contributed by atoms with van der Waals surface area (Å²) in [6, 6.07) is 19.6. The van der Waals surface area contributed by atoms with Gasteiger partial charge in [0.2, 0.25) is 0 Å². The molecule has 4 aromatic rings. The molecule has 4 rings (SSSR count). The number of fused-ring (bicyclic) bond motifs is 3. The first-order valence-electron chi connectivity index (χ1n) is 9.66. The van der Waals surface area contributed by atoms with Crippen LogP contribution < -0.4 is 10.1 Å². The van der Waals surface area contributed by atoms with E-state index in [2.05, 4.69) is 41.5 Å². The molecule has 0 aliphatic rings. The maximum absolute atomic E-state index is 12.6. The summed E-state index contributed by atoms with van der Waals surface area (Å²) < 4.78 is 5.63. The van der Waals surface area contributed by atoms with Gasteiger partial charge in [0.1, 0.15) is 5.75 Å². The summed E-state index contributed by atoms with van der Waals surface area (Å²) in [7, 11) is 0. The number of rotatable bonds is 5. The van der Waals surface area contributed by atoms with Crippen molar-refractivity contribution in [2.75, 3.05) is 5.32 Å². The van der Waals surface area contributed by atoms with Crippen LogP contribution in [0.4, 0.5) is 5.69 Å². The molecule has 1 heterocycles. The van der Waals surface area contributed by atoms with Crippen LogP contribution >= 0.6 is 0 Å². The lowest BCUT2D eigenvalue weighted by molar-refractivity contribution is 0.102. The van der Waals surface area contributed by atoms with Gasteiger partial charge in [0.05, 0.1) is 6.10 Å². The summed E-state index contributed by atoms with van der Waals surface area (Å²) in [4.78, 5) is 16.1. The number of benzene rings is 3. The van der Waals surface area contributed by atoms with Gasteiger partial charge in [-0.2, -0.15) is 0 Å². The van der Waals surface area contributed by atoms with Gasteiger partial charge in [-0.15, -0.1) is 0 Å². The fourth-order valence-electron chi connectivity index (χ4n) is 3.52. The van der Waals surface area contributed by atoms with Crippen molar-refractivity contribution in [3.8, 4) is 5.75 Å². The van der Waals surface area contributed by atoms with Gasteiger partial charge in [0.25, 0.3) is 5.91 Å². The maximum Gasteiger partial charge on any atom is 0.255 e. The van der Waals surface area contributed by atoms with Gasteiger partial charge in [0.15, 0.2) is 0 Å². The van der Waals surface area contributed by atoms with Crippen LogP contribution in [0.3, 0.4) is 0 Å². The van der Waals surface area contributed by atoms with Crippen molar-refractivity contribution in [2.24, 2.45) is 0 Å². The number of aromatic nitrogens is 1. The predicted molar refractivity (Wildman–Crippen MR) is 115 cm³/mol. The third-order valence-corrected chi connectivity index (χ3v) is 4.85. The Morgan fingerprint density at radius 3 is 2.54 bits per heavy atom. The largest absolute Gasteiger partial charge is 0.491 e. The lowest BCUT2D eigenvalue weighted by Crippen LogP contribution is -2.12. The van der Waals surface area contributed by atoms with Crippen LogP contribution in [0.2, 0.25) is 0 Å². The number of nitrogens with one attached hydrogen (secondary N) is 2. The van der Waals surface area contributed by atoms with E-state index in [0.29, 0.717) is 5.56 Å². The van der Waals surface area contributed by atoms with Crippen molar-refractivity contribution in [3.05, 3.63) is 71.8 Å². The number of hydrogen-bond acceptors (Lipinski definition) is 2. The Kier molecular flexibility index (Phi) is 4.78. The first-order chi connectivity index (χ1) is 13.5. The van der Waals surface area contributed by atoms with E-state index in [9.17, 15) is 4.79 Å². The van der Waals surface area contributed by atoms with Gasteiger partial charge < -0.3 is 15.0 Å². The molecule has 4 heteroatoms. The fraction of sp³-hybridized carbons (Fsp3) is 0.208. The summed E-state index contributed by atoms with van der Waals surface area (Å²) in [6.07, 6.45) is 1.08. The number of ether oxygens (including phenoxy) is 1. The monoisotopic (exact) mass is 372 g/mol. The minimum atomic E-state index is -0.138. The second kappa shape index (κ2) is 7.39. The summed E-state index contributed by atoms with van der Waals surface area (Å²) in [6.45, 7) is 6.11. The molecule has 0 fully saturated rings. The van der Waals surface area contributed by atoms with Gasteiger partial charge in [0, 0.05) is 33.1 Å². The summed E-state index contributed by atoms with van der Waals surface area (Å²) in [5.74, 6) is 0.624. The third-order valence-electron chi connectivity index (χ3n) is 4.85. The molecule has 3 aromatic carbocycles. The van der Waals surface area contributed by atoms with Gasteiger partial charge >= 0.3 is 0 Å². The number of aromatic amines is 1. The van der Waals surface area contributed by atoms with Crippen LogP contribution in [-0.2, 0) is 6.42 Å². The Balaban J connectivity index is 1.59. The second-order valence-corrected chi connectivity index (χ2v) is 7.22.